The number of benzene rings is 1. The number of halogens is 4. The van der Waals surface area contributed by atoms with Gasteiger partial charge in [-0.3, -0.25) is 14.7 Å². The third kappa shape index (κ3) is 7.42. The quantitative estimate of drug-likeness (QED) is 0.199. The topological polar surface area (TPSA) is 70.6 Å². The van der Waals surface area contributed by atoms with Gasteiger partial charge in [0.25, 0.3) is 5.91 Å². The zero-order valence-electron chi connectivity index (χ0n) is 21.9. The third-order valence-corrected chi connectivity index (χ3v) is 8.69. The van der Waals surface area contributed by atoms with Crippen LogP contribution < -0.4 is 15.0 Å². The van der Waals surface area contributed by atoms with E-state index in [4.69, 9.17) is 4.74 Å². The second-order valence-corrected chi connectivity index (χ2v) is 11.6. The number of hydrogen-bond acceptors (Lipinski definition) is 6. The van der Waals surface area contributed by atoms with E-state index in [-0.39, 0.29) is 18.1 Å². The first-order valence-corrected chi connectivity index (χ1v) is 14.6. The van der Waals surface area contributed by atoms with Gasteiger partial charge in [0.05, 0.1) is 9.61 Å². The molecule has 2 atom stereocenters. The molecule has 0 radical (unpaired) electrons. The van der Waals surface area contributed by atoms with Gasteiger partial charge in [0, 0.05) is 81.0 Å². The summed E-state index contributed by atoms with van der Waals surface area (Å²) in [5.74, 6) is 0.264. The van der Waals surface area contributed by atoms with E-state index in [1.807, 2.05) is 24.5 Å². The molecule has 1 N–H and O–H groups in total. The van der Waals surface area contributed by atoms with E-state index >= 15 is 0 Å². The summed E-state index contributed by atoms with van der Waals surface area (Å²) in [5.41, 5.74) is 1.86. The summed E-state index contributed by atoms with van der Waals surface area (Å²) >= 11 is 2.45. The van der Waals surface area contributed by atoms with E-state index in [9.17, 15) is 18.0 Å². The van der Waals surface area contributed by atoms with Crippen molar-refractivity contribution >= 4 is 34.2 Å². The Morgan fingerprint density at radius 3 is 2.40 bits per heavy atom. The number of piperidine rings is 2. The lowest BCUT2D eigenvalue weighted by atomic mass is 10.0. The first-order chi connectivity index (χ1) is 19.2. The molecule has 40 heavy (non-hydrogen) atoms. The van der Waals surface area contributed by atoms with Gasteiger partial charge in [-0.15, -0.1) is 0 Å². The lowest BCUT2D eigenvalue weighted by molar-refractivity contribution is -0.137. The third-order valence-electron chi connectivity index (χ3n) is 7.40. The van der Waals surface area contributed by atoms with Crippen LogP contribution in [-0.4, -0.2) is 56.6 Å². The highest BCUT2D eigenvalue weighted by atomic mass is 127. The van der Waals surface area contributed by atoms with Crippen LogP contribution in [0.2, 0.25) is 0 Å². The molecule has 0 bridgehead atoms. The van der Waals surface area contributed by atoms with Gasteiger partial charge in [0.2, 0.25) is 5.88 Å². The zero-order valence-corrected chi connectivity index (χ0v) is 24.0. The zero-order chi connectivity index (χ0) is 28.1. The molecule has 11 heteroatoms. The van der Waals surface area contributed by atoms with Crippen LogP contribution in [0.1, 0.15) is 47.2 Å². The van der Waals surface area contributed by atoms with Gasteiger partial charge >= 0.3 is 6.18 Å². The average molecular weight is 665 g/mol. The molecule has 1 aromatic carbocycles. The highest BCUT2D eigenvalue weighted by molar-refractivity contribution is 14.1. The fourth-order valence-corrected chi connectivity index (χ4v) is 6.23. The second kappa shape index (κ2) is 12.7. The minimum Gasteiger partial charge on any atom is -0.474 e. The molecule has 2 aliphatic heterocycles. The van der Waals surface area contributed by atoms with Crippen molar-refractivity contribution in [2.24, 2.45) is 0 Å². The Morgan fingerprint density at radius 2 is 1.73 bits per heavy atom. The number of pyridine rings is 2. The number of carbonyl (C=O) groups excluding carboxylic acids is 1. The number of rotatable bonds is 7. The van der Waals surface area contributed by atoms with Crippen molar-refractivity contribution in [2.45, 2.75) is 54.6 Å². The summed E-state index contributed by atoms with van der Waals surface area (Å²) in [6.07, 6.45) is 3.93. The molecule has 4 heterocycles. The summed E-state index contributed by atoms with van der Waals surface area (Å²) < 4.78 is 45.0. The maximum absolute atomic E-state index is 13.0. The number of nitrogens with zero attached hydrogens (tertiary/aromatic N) is 4. The standard InChI is InChI=1S/C29H31F3IN5O2/c30-29(31,32)22-1-3-24(4-2-22)37-15-9-25(10-16-37)40-27-17-21(7-13-35-27)28(39)36-23-8-14-38(26(33)18-23)19-20-5-11-34-12-6-20/h1-7,11-13,17,23,25-26H,8-10,14-16,18-19H2,(H,36,39). The van der Waals surface area contributed by atoms with Crippen molar-refractivity contribution in [3.63, 3.8) is 0 Å². The minimum atomic E-state index is -4.34. The highest BCUT2D eigenvalue weighted by Gasteiger charge is 2.31. The van der Waals surface area contributed by atoms with Gasteiger partial charge in [0.1, 0.15) is 6.10 Å². The van der Waals surface area contributed by atoms with Crippen LogP contribution in [0.25, 0.3) is 0 Å². The summed E-state index contributed by atoms with van der Waals surface area (Å²) in [6.45, 7) is 3.09. The van der Waals surface area contributed by atoms with Crippen molar-refractivity contribution < 1.29 is 22.7 Å². The van der Waals surface area contributed by atoms with E-state index in [0.717, 1.165) is 43.8 Å². The summed E-state index contributed by atoms with van der Waals surface area (Å²) in [4.78, 5) is 25.9. The van der Waals surface area contributed by atoms with Gasteiger partial charge in [0.15, 0.2) is 0 Å². The van der Waals surface area contributed by atoms with E-state index in [2.05, 4.69) is 47.7 Å². The molecule has 2 aromatic heterocycles. The van der Waals surface area contributed by atoms with Crippen molar-refractivity contribution in [3.8, 4) is 5.88 Å². The molecule has 5 rings (SSSR count). The predicted octanol–water partition coefficient (Wildman–Crippen LogP) is 5.70. The van der Waals surface area contributed by atoms with E-state index < -0.39 is 11.7 Å². The average Bonchev–Trinajstić information content (AvgIpc) is 2.95. The molecule has 2 saturated heterocycles. The Kier molecular flexibility index (Phi) is 9.09. The monoisotopic (exact) mass is 665 g/mol. The van der Waals surface area contributed by atoms with Crippen LogP contribution in [0.15, 0.2) is 67.1 Å². The number of amides is 1. The summed E-state index contributed by atoms with van der Waals surface area (Å²) in [5, 5.41) is 3.18. The number of ether oxygens (including phenoxy) is 1. The van der Waals surface area contributed by atoms with Gasteiger partial charge in [-0.2, -0.15) is 13.2 Å². The number of carbonyl (C=O) groups is 1. The first-order valence-electron chi connectivity index (χ1n) is 13.4. The Hall–Kier alpha value is -2.93. The molecule has 212 valence electrons. The Bertz CT molecular complexity index is 1270. The Balaban J connectivity index is 1.09. The van der Waals surface area contributed by atoms with Crippen LogP contribution in [0.4, 0.5) is 18.9 Å². The molecular formula is C29H31F3IN5O2. The van der Waals surface area contributed by atoms with Gasteiger partial charge < -0.3 is 15.0 Å². The number of anilines is 1. The summed E-state index contributed by atoms with van der Waals surface area (Å²) in [6, 6.07) is 12.8. The first kappa shape index (κ1) is 28.6. The van der Waals surface area contributed by atoms with Crippen molar-refractivity contribution in [1.29, 1.82) is 0 Å². The van der Waals surface area contributed by atoms with Crippen LogP contribution in [0.3, 0.4) is 0 Å². The molecule has 1 amide bonds. The molecule has 2 fully saturated rings. The number of alkyl halides is 4. The number of nitrogens with one attached hydrogen (secondary N) is 1. The predicted molar refractivity (Wildman–Crippen MR) is 154 cm³/mol. The Labute approximate surface area is 245 Å². The lowest BCUT2D eigenvalue weighted by Gasteiger charge is -2.36. The van der Waals surface area contributed by atoms with Crippen LogP contribution in [-0.2, 0) is 12.7 Å². The summed E-state index contributed by atoms with van der Waals surface area (Å²) in [7, 11) is 0. The van der Waals surface area contributed by atoms with Crippen molar-refractivity contribution in [1.82, 2.24) is 20.2 Å². The fourth-order valence-electron chi connectivity index (χ4n) is 5.14. The van der Waals surface area contributed by atoms with Crippen molar-refractivity contribution in [2.75, 3.05) is 24.5 Å². The Morgan fingerprint density at radius 1 is 1.00 bits per heavy atom. The largest absolute Gasteiger partial charge is 0.474 e. The van der Waals surface area contributed by atoms with Gasteiger partial charge in [-0.25, -0.2) is 4.98 Å². The molecule has 2 unspecified atom stereocenters. The smallest absolute Gasteiger partial charge is 0.416 e. The molecule has 0 spiro atoms. The SMILES string of the molecule is O=C(NC1CCN(Cc2ccncc2)C(I)C1)c1ccnc(OC2CCN(c3ccc(C(F)(F)F)cc3)CC2)c1. The number of aromatic nitrogens is 2. The normalized spacial score (nSPS) is 20.8. The maximum Gasteiger partial charge on any atom is 0.416 e. The molecule has 2 aliphatic rings. The maximum atomic E-state index is 13.0. The molecule has 7 nitrogen and oxygen atoms in total. The molecule has 0 saturated carbocycles. The number of hydrogen-bond donors (Lipinski definition) is 1. The second-order valence-electron chi connectivity index (χ2n) is 10.2. The van der Waals surface area contributed by atoms with E-state index in [0.29, 0.717) is 41.4 Å². The van der Waals surface area contributed by atoms with Gasteiger partial charge in [-0.1, -0.05) is 22.6 Å². The molecule has 3 aromatic rings. The lowest BCUT2D eigenvalue weighted by Crippen LogP contribution is -2.47. The molecule has 0 aliphatic carbocycles. The van der Waals surface area contributed by atoms with E-state index in [1.165, 1.54) is 17.7 Å². The number of likely N-dealkylation sites (tertiary alicyclic amines) is 1. The van der Waals surface area contributed by atoms with Crippen LogP contribution in [0, 0.1) is 0 Å². The van der Waals surface area contributed by atoms with Crippen LogP contribution >= 0.6 is 22.6 Å². The van der Waals surface area contributed by atoms with Gasteiger partial charge in [-0.05, 0) is 60.9 Å². The minimum absolute atomic E-state index is 0.0824. The van der Waals surface area contributed by atoms with Crippen molar-refractivity contribution in [3.05, 3.63) is 83.8 Å². The van der Waals surface area contributed by atoms with E-state index in [1.54, 1.807) is 18.3 Å². The van der Waals surface area contributed by atoms with Crippen LogP contribution in [0.5, 0.6) is 5.88 Å². The molecular weight excluding hydrogens is 634 g/mol. The highest BCUT2D eigenvalue weighted by Crippen LogP contribution is 2.31. The fraction of sp³-hybridized carbons (Fsp3) is 0.414.